The lowest BCUT2D eigenvalue weighted by molar-refractivity contribution is 0.101. The van der Waals surface area contributed by atoms with E-state index >= 15 is 0 Å². The summed E-state index contributed by atoms with van der Waals surface area (Å²) in [6.07, 6.45) is 9.53. The summed E-state index contributed by atoms with van der Waals surface area (Å²) >= 11 is 0. The number of benzene rings is 1. The molecule has 1 aliphatic rings. The van der Waals surface area contributed by atoms with Crippen LogP contribution in [0.15, 0.2) is 72.4 Å². The predicted octanol–water partition coefficient (Wildman–Crippen LogP) is 4.10. The topological polar surface area (TPSA) is 96.1 Å². The van der Waals surface area contributed by atoms with Crippen molar-refractivity contribution in [3.63, 3.8) is 0 Å². The second-order valence-electron chi connectivity index (χ2n) is 8.10. The highest BCUT2D eigenvalue weighted by Crippen LogP contribution is 2.37. The molecule has 4 aromatic rings. The lowest BCUT2D eigenvalue weighted by atomic mass is 9.99. The van der Waals surface area contributed by atoms with E-state index in [0.29, 0.717) is 12.1 Å². The van der Waals surface area contributed by atoms with E-state index in [1.54, 1.807) is 48.9 Å². The van der Waals surface area contributed by atoms with Gasteiger partial charge in [0.25, 0.3) is 10.0 Å². The monoisotopic (exact) mass is 450 g/mol. The standard InChI is InChI=1S/C23H22N4O4S/c1-16-2-6-21(7-3-16)32(29,30)27-10-8-18-12-19(14-25-22(18)27)17-4-5-20(13-17)31-23(28)26-11-9-24-15-26/h2-3,6-12,14-15,17,20H,4-5,13H2,1H3. The highest BCUT2D eigenvalue weighted by Gasteiger charge is 2.30. The number of nitrogens with zero attached hydrogens (tertiary/aromatic N) is 4. The Bertz CT molecular complexity index is 1380. The van der Waals surface area contributed by atoms with Gasteiger partial charge in [-0.15, -0.1) is 0 Å². The van der Waals surface area contributed by atoms with E-state index in [2.05, 4.69) is 9.97 Å². The van der Waals surface area contributed by atoms with Crippen LogP contribution >= 0.6 is 0 Å². The normalized spacial score (nSPS) is 18.8. The van der Waals surface area contributed by atoms with E-state index in [9.17, 15) is 13.2 Å². The summed E-state index contributed by atoms with van der Waals surface area (Å²) in [6, 6.07) is 10.5. The van der Waals surface area contributed by atoms with Crippen molar-refractivity contribution >= 4 is 27.1 Å². The van der Waals surface area contributed by atoms with Gasteiger partial charge in [-0.05, 0) is 61.9 Å². The number of aromatic nitrogens is 4. The highest BCUT2D eigenvalue weighted by atomic mass is 32.2. The predicted molar refractivity (Wildman–Crippen MR) is 118 cm³/mol. The van der Waals surface area contributed by atoms with Crippen molar-refractivity contribution in [3.8, 4) is 0 Å². The lowest BCUT2D eigenvalue weighted by Crippen LogP contribution is -2.19. The molecule has 32 heavy (non-hydrogen) atoms. The van der Waals surface area contributed by atoms with Crippen molar-refractivity contribution < 1.29 is 17.9 Å². The molecule has 0 aliphatic heterocycles. The van der Waals surface area contributed by atoms with Gasteiger partial charge in [-0.25, -0.2) is 31.7 Å². The van der Waals surface area contributed by atoms with Gasteiger partial charge >= 0.3 is 6.09 Å². The smallest absolute Gasteiger partial charge is 0.419 e. The molecular weight excluding hydrogens is 428 g/mol. The van der Waals surface area contributed by atoms with Gasteiger partial charge in [0.2, 0.25) is 0 Å². The molecule has 3 heterocycles. The molecule has 164 valence electrons. The van der Waals surface area contributed by atoms with E-state index in [0.717, 1.165) is 29.4 Å². The van der Waals surface area contributed by atoms with Gasteiger partial charge < -0.3 is 4.74 Å². The fourth-order valence-corrected chi connectivity index (χ4v) is 5.49. The minimum Gasteiger partial charge on any atom is -0.446 e. The van der Waals surface area contributed by atoms with Crippen LogP contribution in [-0.2, 0) is 14.8 Å². The number of pyridine rings is 1. The number of hydrogen-bond donors (Lipinski definition) is 0. The molecule has 2 atom stereocenters. The molecule has 1 saturated carbocycles. The summed E-state index contributed by atoms with van der Waals surface area (Å²) in [4.78, 5) is 20.7. The van der Waals surface area contributed by atoms with Crippen molar-refractivity contribution in [1.82, 2.24) is 18.5 Å². The lowest BCUT2D eigenvalue weighted by Gasteiger charge is -2.13. The van der Waals surface area contributed by atoms with Crippen molar-refractivity contribution in [2.45, 2.75) is 43.1 Å². The molecule has 2 unspecified atom stereocenters. The molecule has 8 nitrogen and oxygen atoms in total. The van der Waals surface area contributed by atoms with Gasteiger partial charge in [0.15, 0.2) is 5.65 Å². The minimum absolute atomic E-state index is 0.169. The third kappa shape index (κ3) is 3.69. The maximum absolute atomic E-state index is 13.1. The van der Waals surface area contributed by atoms with Crippen LogP contribution in [0.4, 0.5) is 4.79 Å². The number of aryl methyl sites for hydroxylation is 1. The number of fused-ring (bicyclic) bond motifs is 1. The number of carbonyl (C=O) groups excluding carboxylic acids is 1. The van der Waals surface area contributed by atoms with Crippen LogP contribution in [0, 0.1) is 6.92 Å². The highest BCUT2D eigenvalue weighted by molar-refractivity contribution is 7.90. The van der Waals surface area contributed by atoms with Gasteiger partial charge in [0.05, 0.1) is 4.90 Å². The van der Waals surface area contributed by atoms with Crippen LogP contribution in [-0.4, -0.2) is 39.1 Å². The number of carbonyl (C=O) groups is 1. The molecule has 1 aromatic carbocycles. The summed E-state index contributed by atoms with van der Waals surface area (Å²) < 4.78 is 34.3. The second kappa shape index (κ2) is 7.90. The number of hydrogen-bond acceptors (Lipinski definition) is 6. The van der Waals surface area contributed by atoms with Crippen LogP contribution < -0.4 is 0 Å². The molecule has 1 fully saturated rings. The molecule has 0 radical (unpaired) electrons. The van der Waals surface area contributed by atoms with Crippen molar-refractivity contribution in [3.05, 3.63) is 78.6 Å². The number of imidazole rings is 1. The zero-order chi connectivity index (χ0) is 22.3. The Kier molecular flexibility index (Phi) is 5.05. The first-order valence-corrected chi connectivity index (χ1v) is 11.8. The van der Waals surface area contributed by atoms with E-state index in [1.165, 1.54) is 21.1 Å². The summed E-state index contributed by atoms with van der Waals surface area (Å²) in [7, 11) is -3.73. The van der Waals surface area contributed by atoms with Crippen LogP contribution in [0.1, 0.15) is 36.3 Å². The number of rotatable bonds is 4. The molecule has 0 saturated heterocycles. The van der Waals surface area contributed by atoms with Crippen molar-refractivity contribution in [2.75, 3.05) is 0 Å². The Labute approximate surface area is 185 Å². The summed E-state index contributed by atoms with van der Waals surface area (Å²) in [6.45, 7) is 1.91. The fourth-order valence-electron chi connectivity index (χ4n) is 4.18. The average molecular weight is 451 g/mol. The SMILES string of the molecule is Cc1ccc(S(=O)(=O)n2ccc3cc(C4CCC(OC(=O)n5ccnc5)C4)cnc32)cc1. The van der Waals surface area contributed by atoms with Gasteiger partial charge in [-0.1, -0.05) is 17.7 Å². The molecule has 0 bridgehead atoms. The summed E-state index contributed by atoms with van der Waals surface area (Å²) in [5.41, 5.74) is 2.41. The molecular formula is C23H22N4O4S. The van der Waals surface area contributed by atoms with Crippen LogP contribution in [0.25, 0.3) is 11.0 Å². The Morgan fingerprint density at radius 2 is 1.94 bits per heavy atom. The first-order valence-electron chi connectivity index (χ1n) is 10.4. The minimum atomic E-state index is -3.73. The zero-order valence-corrected chi connectivity index (χ0v) is 18.3. The van der Waals surface area contributed by atoms with E-state index in [4.69, 9.17) is 4.74 Å². The van der Waals surface area contributed by atoms with E-state index < -0.39 is 16.1 Å². The Morgan fingerprint density at radius 3 is 2.69 bits per heavy atom. The largest absolute Gasteiger partial charge is 0.446 e. The molecule has 1 aliphatic carbocycles. The van der Waals surface area contributed by atoms with Crippen LogP contribution in [0.5, 0.6) is 0 Å². The summed E-state index contributed by atoms with van der Waals surface area (Å²) in [5, 5.41) is 0.761. The summed E-state index contributed by atoms with van der Waals surface area (Å²) in [5.74, 6) is 0.199. The maximum Gasteiger partial charge on any atom is 0.419 e. The number of ether oxygens (including phenoxy) is 1. The Hall–Kier alpha value is -3.46. The molecule has 0 amide bonds. The zero-order valence-electron chi connectivity index (χ0n) is 17.5. The van der Waals surface area contributed by atoms with E-state index in [-0.39, 0.29) is 16.9 Å². The molecule has 0 spiro atoms. The fraction of sp³-hybridized carbons (Fsp3) is 0.261. The third-order valence-corrected chi connectivity index (χ3v) is 7.61. The average Bonchev–Trinajstić information content (AvgIpc) is 3.54. The van der Waals surface area contributed by atoms with Crippen LogP contribution in [0.3, 0.4) is 0 Å². The van der Waals surface area contributed by atoms with Gasteiger partial charge in [-0.2, -0.15) is 0 Å². The van der Waals surface area contributed by atoms with Crippen LogP contribution in [0.2, 0.25) is 0 Å². The van der Waals surface area contributed by atoms with Gasteiger partial charge in [-0.3, -0.25) is 0 Å². The van der Waals surface area contributed by atoms with Crippen molar-refractivity contribution in [2.24, 2.45) is 0 Å². The van der Waals surface area contributed by atoms with Crippen molar-refractivity contribution in [1.29, 1.82) is 0 Å². The van der Waals surface area contributed by atoms with Gasteiger partial charge in [0, 0.05) is 30.2 Å². The Morgan fingerprint density at radius 1 is 1.12 bits per heavy atom. The molecule has 3 aromatic heterocycles. The molecule has 5 rings (SSSR count). The Balaban J connectivity index is 1.35. The first kappa shape index (κ1) is 20.4. The quantitative estimate of drug-likeness (QED) is 0.464. The third-order valence-electron chi connectivity index (χ3n) is 5.93. The van der Waals surface area contributed by atoms with E-state index in [1.807, 2.05) is 13.0 Å². The first-order chi connectivity index (χ1) is 15.4. The molecule has 0 N–H and O–H groups in total. The maximum atomic E-state index is 13.1. The van der Waals surface area contributed by atoms with Gasteiger partial charge in [0.1, 0.15) is 12.4 Å². The molecule has 9 heteroatoms. The second-order valence-corrected chi connectivity index (χ2v) is 9.91.